The summed E-state index contributed by atoms with van der Waals surface area (Å²) >= 11 is 0. The summed E-state index contributed by atoms with van der Waals surface area (Å²) in [5.41, 5.74) is 0.866. The van der Waals surface area contributed by atoms with E-state index in [0.717, 1.165) is 44.3 Å². The van der Waals surface area contributed by atoms with Crippen LogP contribution in [0.25, 0.3) is 0 Å². The summed E-state index contributed by atoms with van der Waals surface area (Å²) in [7, 11) is 0. The van der Waals surface area contributed by atoms with Crippen LogP contribution in [0.3, 0.4) is 0 Å². The van der Waals surface area contributed by atoms with E-state index in [1.807, 2.05) is 6.92 Å². The van der Waals surface area contributed by atoms with Gasteiger partial charge in [-0.25, -0.2) is 4.98 Å². The fourth-order valence-electron chi connectivity index (χ4n) is 1.75. The summed E-state index contributed by atoms with van der Waals surface area (Å²) < 4.78 is 10.9. The van der Waals surface area contributed by atoms with Crippen molar-refractivity contribution in [2.45, 2.75) is 20.0 Å². The first kappa shape index (κ1) is 12.3. The highest BCUT2D eigenvalue weighted by atomic mass is 16.5. The van der Waals surface area contributed by atoms with E-state index < -0.39 is 0 Å². The number of rotatable bonds is 6. The van der Waals surface area contributed by atoms with Gasteiger partial charge in [0.25, 0.3) is 0 Å². The Balaban J connectivity index is 1.70. The standard InChI is InChI=1S/C12H19N3O2/c1-2-13-12-6-14-11(5-15-12)9-17-8-10-3-4-16-7-10/h5-6,10H,2-4,7-9H2,1H3,(H,13,15). The number of aromatic nitrogens is 2. The van der Waals surface area contributed by atoms with E-state index in [1.165, 1.54) is 0 Å². The lowest BCUT2D eigenvalue weighted by Crippen LogP contribution is -2.10. The van der Waals surface area contributed by atoms with Gasteiger partial charge in [0.15, 0.2) is 0 Å². The molecule has 5 nitrogen and oxygen atoms in total. The van der Waals surface area contributed by atoms with Crippen molar-refractivity contribution < 1.29 is 9.47 Å². The highest BCUT2D eigenvalue weighted by molar-refractivity contribution is 5.30. The molecule has 94 valence electrons. The Hall–Kier alpha value is -1.20. The minimum absolute atomic E-state index is 0.524. The van der Waals surface area contributed by atoms with Crippen LogP contribution in [0.4, 0.5) is 5.82 Å². The van der Waals surface area contributed by atoms with E-state index in [9.17, 15) is 0 Å². The van der Waals surface area contributed by atoms with Crippen LogP contribution < -0.4 is 5.32 Å². The zero-order valence-corrected chi connectivity index (χ0v) is 10.2. The highest BCUT2D eigenvalue weighted by Gasteiger charge is 2.15. The number of hydrogen-bond acceptors (Lipinski definition) is 5. The Morgan fingerprint density at radius 2 is 2.41 bits per heavy atom. The maximum Gasteiger partial charge on any atom is 0.144 e. The molecule has 1 atom stereocenters. The molecule has 2 heterocycles. The molecule has 0 saturated carbocycles. The maximum absolute atomic E-state index is 5.60. The molecule has 1 aromatic rings. The van der Waals surface area contributed by atoms with E-state index in [2.05, 4.69) is 15.3 Å². The Labute approximate surface area is 102 Å². The first-order valence-electron chi connectivity index (χ1n) is 6.08. The zero-order valence-electron chi connectivity index (χ0n) is 10.2. The topological polar surface area (TPSA) is 56.3 Å². The third-order valence-corrected chi connectivity index (χ3v) is 2.69. The molecule has 5 heteroatoms. The monoisotopic (exact) mass is 237 g/mol. The molecular formula is C12H19N3O2. The lowest BCUT2D eigenvalue weighted by molar-refractivity contribution is 0.0771. The average molecular weight is 237 g/mol. The van der Waals surface area contributed by atoms with Crippen molar-refractivity contribution in [3.8, 4) is 0 Å². The molecule has 2 rings (SSSR count). The van der Waals surface area contributed by atoms with Crippen molar-refractivity contribution in [2.75, 3.05) is 31.7 Å². The second-order valence-corrected chi connectivity index (χ2v) is 4.17. The first-order valence-corrected chi connectivity index (χ1v) is 6.08. The Morgan fingerprint density at radius 3 is 3.06 bits per heavy atom. The van der Waals surface area contributed by atoms with Gasteiger partial charge < -0.3 is 14.8 Å². The van der Waals surface area contributed by atoms with Gasteiger partial charge in [-0.1, -0.05) is 0 Å². The lowest BCUT2D eigenvalue weighted by atomic mass is 10.1. The number of nitrogens with zero attached hydrogens (tertiary/aromatic N) is 2. The SMILES string of the molecule is CCNc1cnc(COCC2CCOC2)cn1. The summed E-state index contributed by atoms with van der Waals surface area (Å²) in [5, 5.41) is 3.10. The molecule has 0 amide bonds. The van der Waals surface area contributed by atoms with Crippen LogP contribution in [0.1, 0.15) is 19.0 Å². The molecule has 1 aromatic heterocycles. The van der Waals surface area contributed by atoms with Crippen molar-refractivity contribution in [1.82, 2.24) is 9.97 Å². The van der Waals surface area contributed by atoms with Gasteiger partial charge in [-0.2, -0.15) is 0 Å². The minimum Gasteiger partial charge on any atom is -0.381 e. The maximum atomic E-state index is 5.60. The van der Waals surface area contributed by atoms with Crippen LogP contribution in [0.5, 0.6) is 0 Å². The smallest absolute Gasteiger partial charge is 0.144 e. The van der Waals surface area contributed by atoms with E-state index >= 15 is 0 Å². The third-order valence-electron chi connectivity index (χ3n) is 2.69. The van der Waals surface area contributed by atoms with Crippen molar-refractivity contribution in [2.24, 2.45) is 5.92 Å². The number of hydrogen-bond donors (Lipinski definition) is 1. The summed E-state index contributed by atoms with van der Waals surface area (Å²) in [6.07, 6.45) is 4.59. The summed E-state index contributed by atoms with van der Waals surface area (Å²) in [5.74, 6) is 1.35. The molecule has 1 N–H and O–H groups in total. The van der Waals surface area contributed by atoms with E-state index in [0.29, 0.717) is 12.5 Å². The fourth-order valence-corrected chi connectivity index (χ4v) is 1.75. The van der Waals surface area contributed by atoms with Gasteiger partial charge in [0, 0.05) is 19.1 Å². The molecule has 1 aliphatic heterocycles. The first-order chi connectivity index (χ1) is 8.38. The fraction of sp³-hybridized carbons (Fsp3) is 0.667. The van der Waals surface area contributed by atoms with Crippen molar-refractivity contribution in [3.63, 3.8) is 0 Å². The molecule has 1 saturated heterocycles. The largest absolute Gasteiger partial charge is 0.381 e. The Bertz CT molecular complexity index is 323. The average Bonchev–Trinajstić information content (AvgIpc) is 2.85. The second kappa shape index (κ2) is 6.51. The van der Waals surface area contributed by atoms with Gasteiger partial charge in [-0.15, -0.1) is 0 Å². The summed E-state index contributed by atoms with van der Waals surface area (Å²) in [6, 6.07) is 0. The lowest BCUT2D eigenvalue weighted by Gasteiger charge is -2.08. The number of nitrogens with one attached hydrogen (secondary N) is 1. The third kappa shape index (κ3) is 3.94. The van der Waals surface area contributed by atoms with Crippen LogP contribution in [0.2, 0.25) is 0 Å². The number of anilines is 1. The van der Waals surface area contributed by atoms with Gasteiger partial charge in [0.2, 0.25) is 0 Å². The molecule has 1 fully saturated rings. The molecule has 1 aliphatic rings. The molecule has 17 heavy (non-hydrogen) atoms. The van der Waals surface area contributed by atoms with Gasteiger partial charge in [-0.3, -0.25) is 4.98 Å². The quantitative estimate of drug-likeness (QED) is 0.811. The summed E-state index contributed by atoms with van der Waals surface area (Å²) in [6.45, 7) is 5.84. The highest BCUT2D eigenvalue weighted by Crippen LogP contribution is 2.13. The molecule has 0 spiro atoms. The van der Waals surface area contributed by atoms with Gasteiger partial charge in [0.05, 0.1) is 37.9 Å². The van der Waals surface area contributed by atoms with E-state index in [1.54, 1.807) is 12.4 Å². The molecule has 0 bridgehead atoms. The van der Waals surface area contributed by atoms with Crippen molar-refractivity contribution >= 4 is 5.82 Å². The number of ether oxygens (including phenoxy) is 2. The van der Waals surface area contributed by atoms with Crippen LogP contribution >= 0.6 is 0 Å². The molecule has 0 radical (unpaired) electrons. The van der Waals surface area contributed by atoms with E-state index in [-0.39, 0.29) is 0 Å². The second-order valence-electron chi connectivity index (χ2n) is 4.17. The van der Waals surface area contributed by atoms with Crippen LogP contribution in [-0.4, -0.2) is 36.3 Å². The Kier molecular flexibility index (Phi) is 4.70. The van der Waals surface area contributed by atoms with Gasteiger partial charge in [0.1, 0.15) is 5.82 Å². The van der Waals surface area contributed by atoms with Crippen molar-refractivity contribution in [3.05, 3.63) is 18.1 Å². The Morgan fingerprint density at radius 1 is 1.47 bits per heavy atom. The van der Waals surface area contributed by atoms with Gasteiger partial charge in [-0.05, 0) is 13.3 Å². The van der Waals surface area contributed by atoms with E-state index in [4.69, 9.17) is 9.47 Å². The molecule has 0 aliphatic carbocycles. The zero-order chi connectivity index (χ0) is 11.9. The van der Waals surface area contributed by atoms with Gasteiger partial charge >= 0.3 is 0 Å². The van der Waals surface area contributed by atoms with Crippen molar-refractivity contribution in [1.29, 1.82) is 0 Å². The predicted octanol–water partition coefficient (Wildman–Crippen LogP) is 1.46. The predicted molar refractivity (Wildman–Crippen MR) is 64.8 cm³/mol. The molecule has 1 unspecified atom stereocenters. The van der Waals surface area contributed by atoms with Crippen LogP contribution in [0, 0.1) is 5.92 Å². The van der Waals surface area contributed by atoms with Crippen LogP contribution in [0.15, 0.2) is 12.4 Å². The summed E-state index contributed by atoms with van der Waals surface area (Å²) in [4.78, 5) is 8.52. The molecule has 0 aromatic carbocycles. The minimum atomic E-state index is 0.524. The van der Waals surface area contributed by atoms with Crippen LogP contribution in [-0.2, 0) is 16.1 Å². The molecular weight excluding hydrogens is 218 g/mol. The normalized spacial score (nSPS) is 19.5.